The molecule has 0 unspecified atom stereocenters. The molecule has 3 saturated heterocycles. The summed E-state index contributed by atoms with van der Waals surface area (Å²) < 4.78 is 30.1. The Bertz CT molecular complexity index is 1140. The smallest absolute Gasteiger partial charge is 0.255 e. The van der Waals surface area contributed by atoms with Gasteiger partial charge in [0.05, 0.1) is 12.0 Å². The topological polar surface area (TPSA) is 114 Å². The maximum atomic E-state index is 15.0. The maximum Gasteiger partial charge on any atom is 0.255 e. The summed E-state index contributed by atoms with van der Waals surface area (Å²) in [6.07, 6.45) is 2.51. The van der Waals surface area contributed by atoms with Gasteiger partial charge in [-0.1, -0.05) is 17.7 Å². The van der Waals surface area contributed by atoms with Gasteiger partial charge in [-0.05, 0) is 63.1 Å². The summed E-state index contributed by atoms with van der Waals surface area (Å²) in [5, 5.41) is 18.7. The van der Waals surface area contributed by atoms with Crippen molar-refractivity contribution in [3.8, 4) is 6.07 Å². The van der Waals surface area contributed by atoms with E-state index in [0.717, 1.165) is 6.42 Å². The van der Waals surface area contributed by atoms with Crippen molar-refractivity contribution in [2.45, 2.75) is 81.0 Å². The van der Waals surface area contributed by atoms with Gasteiger partial charge in [-0.3, -0.25) is 14.4 Å². The van der Waals surface area contributed by atoms with Gasteiger partial charge < -0.3 is 20.9 Å². The van der Waals surface area contributed by atoms with Gasteiger partial charge in [-0.2, -0.15) is 5.26 Å². The van der Waals surface area contributed by atoms with E-state index in [4.69, 9.17) is 11.6 Å². The number of anilines is 1. The second-order valence-electron chi connectivity index (χ2n) is 10.7. The number of carbonyl (C=O) groups is 3. The number of piperidine rings is 3. The molecule has 2 bridgehead atoms. The highest BCUT2D eigenvalue weighted by atomic mass is 35.5. The van der Waals surface area contributed by atoms with Crippen molar-refractivity contribution in [1.29, 1.82) is 5.26 Å². The Morgan fingerprint density at radius 3 is 2.70 bits per heavy atom. The number of alkyl halides is 2. The number of fused-ring (bicyclic) bond motifs is 3. The second kappa shape index (κ2) is 9.75. The molecule has 37 heavy (non-hydrogen) atoms. The highest BCUT2D eigenvalue weighted by molar-refractivity contribution is 6.30. The standard InChI is InChI=1S/C26H30ClF2N5O3/c27-16-4-1-5-17(12-16)33-25(8-9-25)24(37)34-19-6-7-20(26(28,29)13-19)21(34)23(36)32-18(14-30)11-15-3-2-10-31-22(15)35/h1,4-5,12,15,18-21,33H,2-3,6-11,13H2,(H,31,35)(H,32,36)/t15-,18+,19+,20+,21+/m0/s1. The molecular formula is C26H30ClF2N5O3. The van der Waals surface area contributed by atoms with Crippen molar-refractivity contribution in [2.75, 3.05) is 11.9 Å². The summed E-state index contributed by atoms with van der Waals surface area (Å²) in [6, 6.07) is 5.75. The van der Waals surface area contributed by atoms with Crippen LogP contribution in [0.15, 0.2) is 24.3 Å². The van der Waals surface area contributed by atoms with E-state index in [1.807, 2.05) is 6.07 Å². The predicted molar refractivity (Wildman–Crippen MR) is 132 cm³/mol. The van der Waals surface area contributed by atoms with Crippen molar-refractivity contribution in [2.24, 2.45) is 11.8 Å². The molecule has 2 aliphatic carbocycles. The molecule has 0 spiro atoms. The van der Waals surface area contributed by atoms with Gasteiger partial charge in [0.15, 0.2) is 0 Å². The maximum absolute atomic E-state index is 15.0. The quantitative estimate of drug-likeness (QED) is 0.498. The molecule has 3 N–H and O–H groups in total. The van der Waals surface area contributed by atoms with E-state index in [1.54, 1.807) is 24.3 Å². The molecule has 5 aliphatic rings. The van der Waals surface area contributed by atoms with Crippen LogP contribution in [-0.4, -0.2) is 58.8 Å². The molecule has 2 saturated carbocycles. The number of hydrogen-bond acceptors (Lipinski definition) is 5. The van der Waals surface area contributed by atoms with Crippen LogP contribution in [0.25, 0.3) is 0 Å². The number of hydrogen-bond donors (Lipinski definition) is 3. The first-order valence-corrected chi connectivity index (χ1v) is 13.2. The summed E-state index contributed by atoms with van der Waals surface area (Å²) in [6.45, 7) is 0.571. The largest absolute Gasteiger partial charge is 0.371 e. The lowest BCUT2D eigenvalue weighted by atomic mass is 9.71. The van der Waals surface area contributed by atoms with Crippen LogP contribution in [0.3, 0.4) is 0 Å². The number of nitrogens with zero attached hydrogens (tertiary/aromatic N) is 2. The monoisotopic (exact) mass is 533 g/mol. The number of amides is 3. The number of nitrogens with one attached hydrogen (secondary N) is 3. The minimum absolute atomic E-state index is 0.0967. The van der Waals surface area contributed by atoms with Gasteiger partial charge >= 0.3 is 0 Å². The fourth-order valence-electron chi connectivity index (χ4n) is 6.15. The summed E-state index contributed by atoms with van der Waals surface area (Å²) in [5.74, 6) is -6.17. The van der Waals surface area contributed by atoms with Gasteiger partial charge in [0.2, 0.25) is 17.7 Å². The van der Waals surface area contributed by atoms with E-state index in [1.165, 1.54) is 4.90 Å². The van der Waals surface area contributed by atoms with Crippen LogP contribution in [0.2, 0.25) is 5.02 Å². The molecule has 8 nitrogen and oxygen atoms in total. The lowest BCUT2D eigenvalue weighted by Gasteiger charge is -2.54. The third-order valence-electron chi connectivity index (χ3n) is 8.20. The van der Waals surface area contributed by atoms with E-state index in [-0.39, 0.29) is 24.7 Å². The minimum atomic E-state index is -3.09. The van der Waals surface area contributed by atoms with Crippen LogP contribution in [0, 0.1) is 23.2 Å². The summed E-state index contributed by atoms with van der Waals surface area (Å²) in [7, 11) is 0. The van der Waals surface area contributed by atoms with Crippen LogP contribution in [-0.2, 0) is 14.4 Å². The predicted octanol–water partition coefficient (Wildman–Crippen LogP) is 3.22. The third kappa shape index (κ3) is 4.98. The molecule has 1 aromatic carbocycles. The summed E-state index contributed by atoms with van der Waals surface area (Å²) in [5.41, 5.74) is -0.340. The van der Waals surface area contributed by atoms with Crippen molar-refractivity contribution in [1.82, 2.24) is 15.5 Å². The zero-order valence-corrected chi connectivity index (χ0v) is 21.1. The molecule has 3 heterocycles. The number of halogens is 3. The number of carbonyl (C=O) groups excluding carboxylic acids is 3. The Morgan fingerprint density at radius 2 is 2.05 bits per heavy atom. The average Bonchev–Trinajstić information content (AvgIpc) is 3.64. The summed E-state index contributed by atoms with van der Waals surface area (Å²) in [4.78, 5) is 40.9. The number of benzene rings is 1. The molecule has 6 rings (SSSR count). The molecule has 198 valence electrons. The van der Waals surface area contributed by atoms with Gasteiger partial charge in [0, 0.05) is 35.6 Å². The summed E-state index contributed by atoms with van der Waals surface area (Å²) >= 11 is 6.09. The average molecular weight is 534 g/mol. The third-order valence-corrected chi connectivity index (χ3v) is 8.43. The van der Waals surface area contributed by atoms with Gasteiger partial charge in [0.1, 0.15) is 17.6 Å². The molecule has 3 aliphatic heterocycles. The highest BCUT2D eigenvalue weighted by Crippen LogP contribution is 2.52. The molecule has 0 aromatic heterocycles. The Labute approximate surface area is 219 Å². The van der Waals surface area contributed by atoms with Crippen molar-refractivity contribution in [3.05, 3.63) is 29.3 Å². The van der Waals surface area contributed by atoms with Crippen LogP contribution < -0.4 is 16.0 Å². The first-order chi connectivity index (χ1) is 17.6. The van der Waals surface area contributed by atoms with Crippen molar-refractivity contribution in [3.63, 3.8) is 0 Å². The van der Waals surface area contributed by atoms with Gasteiger partial charge in [0.25, 0.3) is 5.92 Å². The van der Waals surface area contributed by atoms with E-state index >= 15 is 8.78 Å². The van der Waals surface area contributed by atoms with Crippen molar-refractivity contribution >= 4 is 35.0 Å². The normalized spacial score (nSPS) is 30.0. The first kappa shape index (κ1) is 25.7. The van der Waals surface area contributed by atoms with Crippen LogP contribution >= 0.6 is 11.6 Å². The zero-order chi connectivity index (χ0) is 26.4. The Hall–Kier alpha value is -2.93. The molecule has 5 atom stereocenters. The van der Waals surface area contributed by atoms with E-state index in [2.05, 4.69) is 16.0 Å². The van der Waals surface area contributed by atoms with Crippen LogP contribution in [0.4, 0.5) is 14.5 Å². The van der Waals surface area contributed by atoms with Crippen LogP contribution in [0.1, 0.15) is 51.4 Å². The first-order valence-electron chi connectivity index (χ1n) is 12.9. The Morgan fingerprint density at radius 1 is 1.27 bits per heavy atom. The molecule has 5 fully saturated rings. The van der Waals surface area contributed by atoms with E-state index in [0.29, 0.717) is 42.9 Å². The Balaban J connectivity index is 1.37. The number of rotatable bonds is 7. The number of nitriles is 1. The Kier molecular flexibility index (Phi) is 6.77. The fourth-order valence-corrected chi connectivity index (χ4v) is 6.34. The van der Waals surface area contributed by atoms with E-state index < -0.39 is 53.8 Å². The zero-order valence-electron chi connectivity index (χ0n) is 20.3. The molecule has 1 aromatic rings. The van der Waals surface area contributed by atoms with Crippen molar-refractivity contribution < 1.29 is 23.2 Å². The van der Waals surface area contributed by atoms with Crippen LogP contribution in [0.5, 0.6) is 0 Å². The van der Waals surface area contributed by atoms with Gasteiger partial charge in [-0.25, -0.2) is 8.78 Å². The molecule has 3 amide bonds. The molecule has 0 radical (unpaired) electrons. The SMILES string of the molecule is N#C[C@@H](C[C@@H]1CCCNC1=O)NC(=O)[C@H]1[C@H]2CC[C@H](CC2(F)F)N1C(=O)C1(Nc2cccc(Cl)c2)CC1. The molecular weight excluding hydrogens is 504 g/mol. The highest BCUT2D eigenvalue weighted by Gasteiger charge is 2.64. The fraction of sp³-hybridized carbons (Fsp3) is 0.615. The lowest BCUT2D eigenvalue weighted by molar-refractivity contribution is -0.195. The second-order valence-corrected chi connectivity index (χ2v) is 11.2. The van der Waals surface area contributed by atoms with Gasteiger partial charge in [-0.15, -0.1) is 0 Å². The molecule has 11 heteroatoms. The minimum Gasteiger partial charge on any atom is -0.371 e. The van der Waals surface area contributed by atoms with E-state index in [9.17, 15) is 19.6 Å². The lowest BCUT2D eigenvalue weighted by Crippen LogP contribution is -2.70.